The summed E-state index contributed by atoms with van der Waals surface area (Å²) in [5, 5.41) is 14.2. The fourth-order valence-corrected chi connectivity index (χ4v) is 4.69. The number of hydrogen-bond acceptors (Lipinski definition) is 6. The Balaban J connectivity index is 2.01. The number of halogens is 1. The molecule has 3 aromatic carbocycles. The molecule has 9 heteroatoms. The van der Waals surface area contributed by atoms with E-state index in [0.29, 0.717) is 33.3 Å². The van der Waals surface area contributed by atoms with Crippen LogP contribution in [0, 0.1) is 12.3 Å². The number of aliphatic carboxylic acids is 1. The standard InChI is InChI=1S/C28H25ClN2O6/c1-4-12-31-24-11-10-19(29)13-23(24)28(30-17-25(31)32,18-8-6-5-7-9-18)26(27(33)34)37-22-15-20(35-2)14-21(16-22)36-3/h1,5-11,13-16,26,30H,12,17H2,2-3H3,(H,33,34)/t26-,28+/m1/s1. The highest BCUT2D eigenvalue weighted by Crippen LogP contribution is 2.43. The van der Waals surface area contributed by atoms with Crippen molar-refractivity contribution in [3.63, 3.8) is 0 Å². The molecule has 0 fully saturated rings. The van der Waals surface area contributed by atoms with E-state index < -0.39 is 17.6 Å². The van der Waals surface area contributed by atoms with Crippen LogP contribution in [0.1, 0.15) is 11.1 Å². The minimum absolute atomic E-state index is 0.00824. The van der Waals surface area contributed by atoms with Crippen LogP contribution in [0.5, 0.6) is 17.2 Å². The van der Waals surface area contributed by atoms with E-state index >= 15 is 0 Å². The summed E-state index contributed by atoms with van der Waals surface area (Å²) < 4.78 is 16.9. The largest absolute Gasteiger partial charge is 0.496 e. The third-order valence-corrected chi connectivity index (χ3v) is 6.40. The number of carbonyl (C=O) groups is 2. The van der Waals surface area contributed by atoms with Crippen LogP contribution in [0.15, 0.2) is 66.7 Å². The van der Waals surface area contributed by atoms with Crippen molar-refractivity contribution < 1.29 is 28.9 Å². The van der Waals surface area contributed by atoms with Gasteiger partial charge in [0.05, 0.1) is 33.0 Å². The van der Waals surface area contributed by atoms with Crippen LogP contribution in [0.25, 0.3) is 0 Å². The second kappa shape index (κ2) is 10.8. The van der Waals surface area contributed by atoms with Gasteiger partial charge in [0, 0.05) is 28.8 Å². The molecule has 1 heterocycles. The zero-order chi connectivity index (χ0) is 26.6. The number of anilines is 1. The molecule has 8 nitrogen and oxygen atoms in total. The van der Waals surface area contributed by atoms with Crippen LogP contribution in [-0.2, 0) is 15.1 Å². The third-order valence-electron chi connectivity index (χ3n) is 6.17. The maximum Gasteiger partial charge on any atom is 0.347 e. The van der Waals surface area contributed by atoms with Crippen molar-refractivity contribution in [3.8, 4) is 29.6 Å². The number of methoxy groups -OCH3 is 2. The number of nitrogens with zero attached hydrogens (tertiary/aromatic N) is 1. The highest BCUT2D eigenvalue weighted by Gasteiger charge is 2.52. The van der Waals surface area contributed by atoms with Gasteiger partial charge in [-0.1, -0.05) is 47.9 Å². The molecule has 2 atom stereocenters. The van der Waals surface area contributed by atoms with Gasteiger partial charge in [-0.25, -0.2) is 4.79 Å². The average Bonchev–Trinajstić information content (AvgIpc) is 3.02. The highest BCUT2D eigenvalue weighted by atomic mass is 35.5. The number of carboxylic acids is 1. The van der Waals surface area contributed by atoms with Gasteiger partial charge >= 0.3 is 5.97 Å². The van der Waals surface area contributed by atoms with Crippen LogP contribution in [0.4, 0.5) is 5.69 Å². The number of carboxylic acid groups (broad SMARTS) is 1. The normalized spacial score (nSPS) is 17.7. The average molecular weight is 521 g/mol. The Morgan fingerprint density at radius 2 is 1.76 bits per heavy atom. The Kier molecular flexibility index (Phi) is 7.58. The lowest BCUT2D eigenvalue weighted by atomic mass is 9.77. The molecule has 37 heavy (non-hydrogen) atoms. The maximum absolute atomic E-state index is 13.2. The Morgan fingerprint density at radius 1 is 1.11 bits per heavy atom. The van der Waals surface area contributed by atoms with Crippen molar-refractivity contribution >= 4 is 29.2 Å². The van der Waals surface area contributed by atoms with E-state index in [9.17, 15) is 14.7 Å². The van der Waals surface area contributed by atoms with Crippen molar-refractivity contribution in [2.45, 2.75) is 11.6 Å². The van der Waals surface area contributed by atoms with Crippen LogP contribution in [0.2, 0.25) is 5.02 Å². The Labute approximate surface area is 219 Å². The third kappa shape index (κ3) is 4.92. The topological polar surface area (TPSA) is 97.3 Å². The second-order valence-corrected chi connectivity index (χ2v) is 8.69. The summed E-state index contributed by atoms with van der Waals surface area (Å²) in [5.74, 6) is 1.93. The number of carbonyl (C=O) groups excluding carboxylic acids is 1. The lowest BCUT2D eigenvalue weighted by Gasteiger charge is -2.40. The van der Waals surface area contributed by atoms with Crippen molar-refractivity contribution in [1.82, 2.24) is 5.32 Å². The van der Waals surface area contributed by atoms with E-state index in [1.807, 2.05) is 6.07 Å². The maximum atomic E-state index is 13.2. The zero-order valence-corrected chi connectivity index (χ0v) is 21.0. The van der Waals surface area contributed by atoms with Gasteiger partial charge in [0.25, 0.3) is 0 Å². The summed E-state index contributed by atoms with van der Waals surface area (Å²) in [5.41, 5.74) is -0.146. The first-order valence-electron chi connectivity index (χ1n) is 11.3. The van der Waals surface area contributed by atoms with Crippen LogP contribution < -0.4 is 24.4 Å². The van der Waals surface area contributed by atoms with Crippen LogP contribution in [0.3, 0.4) is 0 Å². The van der Waals surface area contributed by atoms with Gasteiger partial charge in [0.2, 0.25) is 12.0 Å². The van der Waals surface area contributed by atoms with Gasteiger partial charge in [-0.2, -0.15) is 0 Å². The minimum atomic E-state index is -1.57. The Hall–Kier alpha value is -4.19. The van der Waals surface area contributed by atoms with E-state index in [0.717, 1.165) is 0 Å². The quantitative estimate of drug-likeness (QED) is 0.437. The molecule has 0 unspecified atom stereocenters. The predicted octanol–water partition coefficient (Wildman–Crippen LogP) is 3.70. The predicted molar refractivity (Wildman–Crippen MR) is 139 cm³/mol. The molecule has 1 aliphatic rings. The van der Waals surface area contributed by atoms with Crippen molar-refractivity contribution in [3.05, 3.63) is 82.9 Å². The lowest BCUT2D eigenvalue weighted by molar-refractivity contribution is -0.149. The number of terminal acetylenes is 1. The summed E-state index contributed by atoms with van der Waals surface area (Å²) in [6.45, 7) is -0.219. The van der Waals surface area contributed by atoms with Gasteiger partial charge in [-0.05, 0) is 23.8 Å². The molecule has 3 aromatic rings. The zero-order valence-electron chi connectivity index (χ0n) is 20.2. The first kappa shape index (κ1) is 25.9. The van der Waals surface area contributed by atoms with Crippen molar-refractivity contribution in [2.24, 2.45) is 0 Å². The first-order valence-corrected chi connectivity index (χ1v) is 11.7. The van der Waals surface area contributed by atoms with Gasteiger partial charge in [0.15, 0.2) is 0 Å². The Bertz CT molecular complexity index is 1330. The van der Waals surface area contributed by atoms with Crippen LogP contribution in [-0.4, -0.2) is 50.4 Å². The molecule has 0 aromatic heterocycles. The number of hydrogen-bond donors (Lipinski definition) is 2. The second-order valence-electron chi connectivity index (χ2n) is 8.26. The number of fused-ring (bicyclic) bond motifs is 1. The fraction of sp³-hybridized carbons (Fsp3) is 0.214. The van der Waals surface area contributed by atoms with E-state index in [1.54, 1.807) is 60.7 Å². The molecule has 0 radical (unpaired) electrons. The summed E-state index contributed by atoms with van der Waals surface area (Å²) in [6.07, 6.45) is 4.00. The number of benzene rings is 3. The molecule has 4 rings (SSSR count). The monoisotopic (exact) mass is 520 g/mol. The van der Waals surface area contributed by atoms with Gasteiger partial charge < -0.3 is 19.3 Å². The van der Waals surface area contributed by atoms with E-state index in [1.165, 1.54) is 19.1 Å². The van der Waals surface area contributed by atoms with Crippen molar-refractivity contribution in [1.29, 1.82) is 0 Å². The molecule has 0 spiro atoms. The minimum Gasteiger partial charge on any atom is -0.496 e. The number of rotatable bonds is 8. The van der Waals surface area contributed by atoms with E-state index in [-0.39, 0.29) is 24.7 Å². The summed E-state index contributed by atoms with van der Waals surface area (Å²) in [4.78, 5) is 27.6. The molecular formula is C28H25ClN2O6. The molecule has 0 aliphatic carbocycles. The Morgan fingerprint density at radius 3 is 2.35 bits per heavy atom. The molecule has 0 saturated heterocycles. The number of amides is 1. The molecule has 190 valence electrons. The number of ether oxygens (including phenoxy) is 3. The van der Waals surface area contributed by atoms with Gasteiger partial charge in [-0.15, -0.1) is 6.42 Å². The first-order chi connectivity index (χ1) is 17.8. The van der Waals surface area contributed by atoms with Crippen molar-refractivity contribution in [2.75, 3.05) is 32.2 Å². The SMILES string of the molecule is C#CCN1C(=O)CN[C@](c2ccccc2)([C@H](Oc2cc(OC)cc(OC)c2)C(=O)O)c2cc(Cl)ccc21. The highest BCUT2D eigenvalue weighted by molar-refractivity contribution is 6.30. The van der Waals surface area contributed by atoms with Crippen LogP contribution >= 0.6 is 11.6 Å². The van der Waals surface area contributed by atoms with E-state index in [2.05, 4.69) is 11.2 Å². The number of nitrogens with one attached hydrogen (secondary N) is 1. The van der Waals surface area contributed by atoms with Gasteiger partial charge in [-0.3, -0.25) is 15.0 Å². The molecular weight excluding hydrogens is 496 g/mol. The summed E-state index contributed by atoms with van der Waals surface area (Å²) >= 11 is 6.44. The molecule has 0 saturated carbocycles. The summed E-state index contributed by atoms with van der Waals surface area (Å²) in [7, 11) is 2.96. The molecule has 1 aliphatic heterocycles. The van der Waals surface area contributed by atoms with Gasteiger partial charge in [0.1, 0.15) is 22.8 Å². The lowest BCUT2D eigenvalue weighted by Crippen LogP contribution is -2.58. The molecule has 2 N–H and O–H groups in total. The molecule has 0 bridgehead atoms. The smallest absolute Gasteiger partial charge is 0.347 e. The molecule has 1 amide bonds. The summed E-state index contributed by atoms with van der Waals surface area (Å²) in [6, 6.07) is 18.6. The fourth-order valence-electron chi connectivity index (χ4n) is 4.52. The van der Waals surface area contributed by atoms with E-state index in [4.69, 9.17) is 32.2 Å².